The molecule has 1 aromatic rings. The molecular formula is C17H21ClN2O2. The molecule has 2 amide bonds. The Morgan fingerprint density at radius 3 is 2.05 bits per heavy atom. The molecule has 1 saturated heterocycles. The Bertz CT molecular complexity index is 544. The highest BCUT2D eigenvalue weighted by atomic mass is 35.5. The van der Waals surface area contributed by atoms with E-state index in [1.54, 1.807) is 24.3 Å². The van der Waals surface area contributed by atoms with E-state index in [9.17, 15) is 9.59 Å². The van der Waals surface area contributed by atoms with E-state index in [1.165, 1.54) is 12.8 Å². The lowest BCUT2D eigenvalue weighted by molar-refractivity contribution is -0.136. The molecule has 1 heterocycles. The standard InChI is InChI=1S/C17H21ClN2O2/c18-15-7-5-14(6-8-15)17(22)20-11-9-19(10-12-20)16(21)13-3-1-2-4-13/h5-8,13H,1-4,9-12H2. The van der Waals surface area contributed by atoms with Crippen molar-refractivity contribution in [2.45, 2.75) is 25.7 Å². The Morgan fingerprint density at radius 1 is 0.909 bits per heavy atom. The van der Waals surface area contributed by atoms with E-state index in [0.717, 1.165) is 12.8 Å². The summed E-state index contributed by atoms with van der Waals surface area (Å²) >= 11 is 5.85. The van der Waals surface area contributed by atoms with Crippen molar-refractivity contribution in [3.8, 4) is 0 Å². The van der Waals surface area contributed by atoms with Crippen LogP contribution in [0.5, 0.6) is 0 Å². The molecule has 0 aromatic heterocycles. The lowest BCUT2D eigenvalue weighted by Crippen LogP contribution is -2.51. The first-order chi connectivity index (χ1) is 10.6. The highest BCUT2D eigenvalue weighted by Crippen LogP contribution is 2.27. The summed E-state index contributed by atoms with van der Waals surface area (Å²) in [5.74, 6) is 0.527. The van der Waals surface area contributed by atoms with Gasteiger partial charge < -0.3 is 9.80 Å². The predicted molar refractivity (Wildman–Crippen MR) is 85.9 cm³/mol. The van der Waals surface area contributed by atoms with Gasteiger partial charge in [-0.05, 0) is 37.1 Å². The van der Waals surface area contributed by atoms with E-state index in [0.29, 0.717) is 36.8 Å². The molecular weight excluding hydrogens is 300 g/mol. The molecule has 0 atom stereocenters. The van der Waals surface area contributed by atoms with Gasteiger partial charge in [0.25, 0.3) is 5.91 Å². The van der Waals surface area contributed by atoms with Gasteiger partial charge in [-0.3, -0.25) is 9.59 Å². The highest BCUT2D eigenvalue weighted by Gasteiger charge is 2.30. The van der Waals surface area contributed by atoms with Crippen LogP contribution in [0, 0.1) is 5.92 Å². The van der Waals surface area contributed by atoms with Crippen molar-refractivity contribution in [2.24, 2.45) is 5.92 Å². The van der Waals surface area contributed by atoms with Crippen LogP contribution in [0.25, 0.3) is 0 Å². The number of hydrogen-bond donors (Lipinski definition) is 0. The van der Waals surface area contributed by atoms with E-state index in [4.69, 9.17) is 11.6 Å². The van der Waals surface area contributed by atoms with Gasteiger partial charge >= 0.3 is 0 Å². The first-order valence-corrected chi connectivity index (χ1v) is 8.36. The molecule has 5 heteroatoms. The maximum atomic E-state index is 12.4. The minimum Gasteiger partial charge on any atom is -0.339 e. The molecule has 2 fully saturated rings. The average molecular weight is 321 g/mol. The second-order valence-corrected chi connectivity index (χ2v) is 6.54. The van der Waals surface area contributed by atoms with E-state index < -0.39 is 0 Å². The minimum atomic E-state index is 0.0182. The number of amides is 2. The van der Waals surface area contributed by atoms with E-state index in [1.807, 2.05) is 9.80 Å². The highest BCUT2D eigenvalue weighted by molar-refractivity contribution is 6.30. The van der Waals surface area contributed by atoms with Crippen LogP contribution in [0.4, 0.5) is 0 Å². The van der Waals surface area contributed by atoms with E-state index in [2.05, 4.69) is 0 Å². The fourth-order valence-corrected chi connectivity index (χ4v) is 3.46. The number of carbonyl (C=O) groups is 2. The zero-order valence-electron chi connectivity index (χ0n) is 12.6. The monoisotopic (exact) mass is 320 g/mol. The number of benzene rings is 1. The molecule has 0 N–H and O–H groups in total. The van der Waals surface area contributed by atoms with Crippen molar-refractivity contribution in [1.82, 2.24) is 9.80 Å². The second kappa shape index (κ2) is 6.69. The Hall–Kier alpha value is -1.55. The molecule has 0 bridgehead atoms. The van der Waals surface area contributed by atoms with Gasteiger partial charge in [-0.15, -0.1) is 0 Å². The summed E-state index contributed by atoms with van der Waals surface area (Å²) in [6.45, 7) is 2.52. The predicted octanol–water partition coefficient (Wildman–Crippen LogP) is 2.81. The van der Waals surface area contributed by atoms with Crippen molar-refractivity contribution in [2.75, 3.05) is 26.2 Å². The van der Waals surface area contributed by atoms with Crippen LogP contribution in [-0.4, -0.2) is 47.8 Å². The second-order valence-electron chi connectivity index (χ2n) is 6.11. The third kappa shape index (κ3) is 3.27. The SMILES string of the molecule is O=C(c1ccc(Cl)cc1)N1CCN(C(=O)C2CCCC2)CC1. The largest absolute Gasteiger partial charge is 0.339 e. The third-order valence-corrected chi connectivity index (χ3v) is 4.93. The fourth-order valence-electron chi connectivity index (χ4n) is 3.34. The molecule has 2 aliphatic rings. The minimum absolute atomic E-state index is 0.0182. The van der Waals surface area contributed by atoms with Crippen LogP contribution in [0.3, 0.4) is 0 Å². The summed E-state index contributed by atoms with van der Waals surface area (Å²) in [6.07, 6.45) is 4.41. The Labute approximate surface area is 136 Å². The maximum Gasteiger partial charge on any atom is 0.253 e. The van der Waals surface area contributed by atoms with Crippen molar-refractivity contribution in [1.29, 1.82) is 0 Å². The molecule has 1 saturated carbocycles. The van der Waals surface area contributed by atoms with Crippen LogP contribution in [0.15, 0.2) is 24.3 Å². The number of nitrogens with zero attached hydrogens (tertiary/aromatic N) is 2. The van der Waals surface area contributed by atoms with Gasteiger partial charge in [-0.25, -0.2) is 0 Å². The molecule has 4 nitrogen and oxygen atoms in total. The van der Waals surface area contributed by atoms with Crippen LogP contribution in [-0.2, 0) is 4.79 Å². The van der Waals surface area contributed by atoms with Gasteiger partial charge in [0.1, 0.15) is 0 Å². The van der Waals surface area contributed by atoms with Crippen LogP contribution in [0.1, 0.15) is 36.0 Å². The first kappa shape index (κ1) is 15.3. The van der Waals surface area contributed by atoms with Crippen molar-refractivity contribution in [3.05, 3.63) is 34.9 Å². The summed E-state index contributed by atoms with van der Waals surface area (Å²) in [5, 5.41) is 0.628. The van der Waals surface area contributed by atoms with E-state index in [-0.39, 0.29) is 17.7 Å². The fraction of sp³-hybridized carbons (Fsp3) is 0.529. The molecule has 1 aliphatic carbocycles. The van der Waals surface area contributed by atoms with Gasteiger partial charge in [0.15, 0.2) is 0 Å². The molecule has 0 spiro atoms. The van der Waals surface area contributed by atoms with Crippen molar-refractivity contribution >= 4 is 23.4 Å². The van der Waals surface area contributed by atoms with Gasteiger partial charge in [-0.1, -0.05) is 24.4 Å². The first-order valence-electron chi connectivity index (χ1n) is 7.99. The van der Waals surface area contributed by atoms with Gasteiger partial charge in [0.05, 0.1) is 0 Å². The normalized spacial score (nSPS) is 19.5. The van der Waals surface area contributed by atoms with Crippen LogP contribution in [0.2, 0.25) is 5.02 Å². The number of rotatable bonds is 2. The summed E-state index contributed by atoms with van der Waals surface area (Å²) in [5.41, 5.74) is 0.653. The molecule has 1 aliphatic heterocycles. The summed E-state index contributed by atoms with van der Waals surface area (Å²) in [4.78, 5) is 28.6. The Balaban J connectivity index is 1.56. The zero-order valence-corrected chi connectivity index (χ0v) is 13.4. The quantitative estimate of drug-likeness (QED) is 0.840. The molecule has 0 radical (unpaired) electrons. The summed E-state index contributed by atoms with van der Waals surface area (Å²) in [6, 6.07) is 6.96. The van der Waals surface area contributed by atoms with E-state index >= 15 is 0 Å². The lowest BCUT2D eigenvalue weighted by atomic mass is 10.1. The van der Waals surface area contributed by atoms with Crippen molar-refractivity contribution < 1.29 is 9.59 Å². The van der Waals surface area contributed by atoms with Gasteiger partial charge in [-0.2, -0.15) is 0 Å². The molecule has 118 valence electrons. The topological polar surface area (TPSA) is 40.6 Å². The third-order valence-electron chi connectivity index (χ3n) is 4.67. The van der Waals surface area contributed by atoms with Gasteiger partial charge in [0, 0.05) is 42.7 Å². The zero-order chi connectivity index (χ0) is 15.5. The van der Waals surface area contributed by atoms with Crippen LogP contribution < -0.4 is 0 Å². The lowest BCUT2D eigenvalue weighted by Gasteiger charge is -2.36. The smallest absolute Gasteiger partial charge is 0.253 e. The summed E-state index contributed by atoms with van der Waals surface area (Å²) in [7, 11) is 0. The molecule has 22 heavy (non-hydrogen) atoms. The Kier molecular flexibility index (Phi) is 4.67. The van der Waals surface area contributed by atoms with Crippen LogP contribution >= 0.6 is 11.6 Å². The average Bonchev–Trinajstić information content (AvgIpc) is 3.09. The molecule has 0 unspecified atom stereocenters. The summed E-state index contributed by atoms with van der Waals surface area (Å²) < 4.78 is 0. The maximum absolute atomic E-state index is 12.4. The number of carbonyl (C=O) groups excluding carboxylic acids is 2. The van der Waals surface area contributed by atoms with Crippen molar-refractivity contribution in [3.63, 3.8) is 0 Å². The molecule has 1 aromatic carbocycles. The Morgan fingerprint density at radius 2 is 1.45 bits per heavy atom. The number of hydrogen-bond acceptors (Lipinski definition) is 2. The number of piperazine rings is 1. The number of halogens is 1. The molecule has 3 rings (SSSR count). The van der Waals surface area contributed by atoms with Gasteiger partial charge in [0.2, 0.25) is 5.91 Å².